The maximum atomic E-state index is 13.8. The molecule has 3 amide bonds. The van der Waals surface area contributed by atoms with E-state index in [1.807, 2.05) is 0 Å². The van der Waals surface area contributed by atoms with Crippen molar-refractivity contribution in [2.75, 3.05) is 6.54 Å². The van der Waals surface area contributed by atoms with E-state index in [-0.39, 0.29) is 50.0 Å². The van der Waals surface area contributed by atoms with Crippen molar-refractivity contribution in [1.29, 1.82) is 0 Å². The third-order valence-electron chi connectivity index (χ3n) is 8.54. The summed E-state index contributed by atoms with van der Waals surface area (Å²) in [6.45, 7) is -0.633. The highest BCUT2D eigenvalue weighted by molar-refractivity contribution is 6.36. The Hall–Kier alpha value is -4.61. The summed E-state index contributed by atoms with van der Waals surface area (Å²) in [5.74, 6) is -3.94. The van der Waals surface area contributed by atoms with Crippen molar-refractivity contribution < 1.29 is 33.6 Å². The predicted octanol–water partition coefficient (Wildman–Crippen LogP) is 5.39. The molecule has 3 aromatic carbocycles. The molecule has 13 heteroatoms. The minimum Gasteiger partial charge on any atom is -0.423 e. The third kappa shape index (κ3) is 5.22. The second-order valence-corrected chi connectivity index (χ2v) is 11.8. The van der Waals surface area contributed by atoms with E-state index in [4.69, 9.17) is 27.9 Å². The van der Waals surface area contributed by atoms with E-state index in [9.17, 15) is 34.1 Å². The Morgan fingerprint density at radius 1 is 0.886 bits per heavy atom. The number of esters is 1. The van der Waals surface area contributed by atoms with Crippen molar-refractivity contribution in [3.63, 3.8) is 0 Å². The van der Waals surface area contributed by atoms with Gasteiger partial charge in [0, 0.05) is 22.7 Å². The molecule has 3 aliphatic rings. The minimum atomic E-state index is -0.803. The summed E-state index contributed by atoms with van der Waals surface area (Å²) in [6.07, 6.45) is 2.49. The maximum Gasteiger partial charge on any atom is 0.343 e. The van der Waals surface area contributed by atoms with Gasteiger partial charge < -0.3 is 4.74 Å². The lowest BCUT2D eigenvalue weighted by atomic mass is 9.81. The van der Waals surface area contributed by atoms with Crippen LogP contribution in [-0.2, 0) is 9.59 Å². The van der Waals surface area contributed by atoms with Gasteiger partial charge in [0.2, 0.25) is 0 Å². The molecular weight excluding hydrogens is 613 g/mol. The van der Waals surface area contributed by atoms with Gasteiger partial charge in [-0.05, 0) is 85.7 Å². The van der Waals surface area contributed by atoms with E-state index in [1.54, 1.807) is 0 Å². The third-order valence-corrected chi connectivity index (χ3v) is 9.08. The summed E-state index contributed by atoms with van der Waals surface area (Å²) in [5, 5.41) is 12.8. The number of hydrogen-bond acceptors (Lipinski definition) is 8. The maximum absolute atomic E-state index is 13.8. The SMILES string of the molecule is O=C(CN(C(=O)c1ccc(Cl)cc1Cl)N1C(=O)[C@H]2[C@H]3CC[C@@H](C3)[C@@H]2C1=O)c1ccc(OC(=O)c2ccc([N+](=O)[O-])cc2)cc1. The molecular formula is C31H23Cl2N3O8. The predicted molar refractivity (Wildman–Crippen MR) is 156 cm³/mol. The van der Waals surface area contributed by atoms with E-state index in [2.05, 4.69) is 0 Å². The Morgan fingerprint density at radius 3 is 2.05 bits per heavy atom. The van der Waals surface area contributed by atoms with Crippen LogP contribution in [0.15, 0.2) is 66.7 Å². The topological polar surface area (TPSA) is 144 Å². The quantitative estimate of drug-likeness (QED) is 0.0800. The van der Waals surface area contributed by atoms with Gasteiger partial charge in [-0.1, -0.05) is 23.2 Å². The molecule has 44 heavy (non-hydrogen) atoms. The lowest BCUT2D eigenvalue weighted by Crippen LogP contribution is -2.52. The average molecular weight is 636 g/mol. The Balaban J connectivity index is 1.22. The van der Waals surface area contributed by atoms with Crippen LogP contribution in [0.4, 0.5) is 5.69 Å². The first-order valence-corrected chi connectivity index (χ1v) is 14.5. The van der Waals surface area contributed by atoms with Gasteiger partial charge in [-0.3, -0.25) is 29.3 Å². The van der Waals surface area contributed by atoms with Crippen LogP contribution in [0.2, 0.25) is 10.0 Å². The second kappa shape index (κ2) is 11.5. The second-order valence-electron chi connectivity index (χ2n) is 11.0. The minimum absolute atomic E-state index is 0.00139. The molecule has 2 saturated carbocycles. The fraction of sp³-hybridized carbons (Fsp3) is 0.258. The lowest BCUT2D eigenvalue weighted by molar-refractivity contribution is -0.384. The first-order chi connectivity index (χ1) is 21.0. The van der Waals surface area contributed by atoms with Crippen LogP contribution in [0.25, 0.3) is 0 Å². The zero-order valence-corrected chi connectivity index (χ0v) is 24.4. The first kappa shape index (κ1) is 29.5. The largest absolute Gasteiger partial charge is 0.423 e. The van der Waals surface area contributed by atoms with Crippen molar-refractivity contribution in [3.8, 4) is 5.75 Å². The number of fused-ring (bicyclic) bond motifs is 5. The van der Waals surface area contributed by atoms with Gasteiger partial charge in [0.05, 0.1) is 32.9 Å². The zero-order chi connectivity index (χ0) is 31.3. The number of amides is 3. The van der Waals surface area contributed by atoms with Crippen molar-refractivity contribution >= 4 is 58.4 Å². The molecule has 2 aliphatic carbocycles. The average Bonchev–Trinajstić information content (AvgIpc) is 3.69. The molecule has 4 atom stereocenters. The van der Waals surface area contributed by atoms with Crippen LogP contribution in [-0.4, -0.2) is 51.0 Å². The molecule has 1 heterocycles. The number of rotatable bonds is 8. The summed E-state index contributed by atoms with van der Waals surface area (Å²) in [7, 11) is 0. The van der Waals surface area contributed by atoms with Crippen molar-refractivity contribution in [1.82, 2.24) is 10.0 Å². The van der Waals surface area contributed by atoms with E-state index in [0.29, 0.717) is 0 Å². The zero-order valence-electron chi connectivity index (χ0n) is 22.9. The van der Waals surface area contributed by atoms with Crippen LogP contribution in [0.5, 0.6) is 5.75 Å². The van der Waals surface area contributed by atoms with Gasteiger partial charge in [0.15, 0.2) is 5.78 Å². The summed E-state index contributed by atoms with van der Waals surface area (Å²) in [6, 6.07) is 14.5. The van der Waals surface area contributed by atoms with Crippen LogP contribution < -0.4 is 4.74 Å². The van der Waals surface area contributed by atoms with Gasteiger partial charge in [-0.25, -0.2) is 9.80 Å². The molecule has 3 aromatic rings. The molecule has 11 nitrogen and oxygen atoms in total. The fourth-order valence-electron chi connectivity index (χ4n) is 6.49. The van der Waals surface area contributed by atoms with E-state index < -0.39 is 52.8 Å². The molecule has 1 saturated heterocycles. The highest BCUT2D eigenvalue weighted by Gasteiger charge is 2.62. The van der Waals surface area contributed by atoms with E-state index >= 15 is 0 Å². The van der Waals surface area contributed by atoms with E-state index in [0.717, 1.165) is 29.3 Å². The molecule has 6 rings (SSSR count). The highest BCUT2D eigenvalue weighted by Crippen LogP contribution is 2.56. The highest BCUT2D eigenvalue weighted by atomic mass is 35.5. The number of imide groups is 1. The first-order valence-electron chi connectivity index (χ1n) is 13.8. The number of halogens is 2. The smallest absolute Gasteiger partial charge is 0.343 e. The number of nitrogens with zero attached hydrogens (tertiary/aromatic N) is 3. The summed E-state index contributed by atoms with van der Waals surface area (Å²) in [5.41, 5.74) is 0.00425. The molecule has 3 fully saturated rings. The molecule has 0 aromatic heterocycles. The van der Waals surface area contributed by atoms with Gasteiger partial charge in [0.1, 0.15) is 12.3 Å². The van der Waals surface area contributed by atoms with Crippen molar-refractivity contribution in [3.05, 3.63) is 104 Å². The number of hydrogen-bond donors (Lipinski definition) is 0. The lowest BCUT2D eigenvalue weighted by Gasteiger charge is -2.31. The number of ketones is 1. The van der Waals surface area contributed by atoms with Crippen LogP contribution >= 0.6 is 23.2 Å². The number of hydrazine groups is 1. The molecule has 1 aliphatic heterocycles. The molecule has 0 radical (unpaired) electrons. The Kier molecular flexibility index (Phi) is 7.68. The molecule has 224 valence electrons. The fourth-order valence-corrected chi connectivity index (χ4v) is 6.98. The number of ether oxygens (including phenoxy) is 1. The summed E-state index contributed by atoms with van der Waals surface area (Å²) in [4.78, 5) is 77.2. The molecule has 2 bridgehead atoms. The number of non-ortho nitro benzene ring substituents is 1. The van der Waals surface area contributed by atoms with Gasteiger partial charge in [-0.15, -0.1) is 0 Å². The van der Waals surface area contributed by atoms with Crippen molar-refractivity contribution in [2.45, 2.75) is 19.3 Å². The molecule has 0 unspecified atom stereocenters. The van der Waals surface area contributed by atoms with E-state index in [1.165, 1.54) is 66.7 Å². The van der Waals surface area contributed by atoms with Crippen LogP contribution in [0.1, 0.15) is 50.3 Å². The molecule has 0 N–H and O–H groups in total. The Labute approximate surface area is 260 Å². The van der Waals surface area contributed by atoms with Crippen LogP contribution in [0.3, 0.4) is 0 Å². The Morgan fingerprint density at radius 2 is 1.48 bits per heavy atom. The van der Waals surface area contributed by atoms with Crippen LogP contribution in [0, 0.1) is 33.8 Å². The monoisotopic (exact) mass is 635 g/mol. The number of nitro groups is 1. The Bertz CT molecular complexity index is 1700. The number of carbonyl (C=O) groups is 5. The number of Topliss-reactive ketones (excluding diaryl/α,β-unsaturated/α-hetero) is 1. The summed E-state index contributed by atoms with van der Waals surface area (Å²) >= 11 is 12.3. The normalized spacial score (nSPS) is 21.7. The van der Waals surface area contributed by atoms with Crippen molar-refractivity contribution in [2.24, 2.45) is 23.7 Å². The van der Waals surface area contributed by atoms with Gasteiger partial charge >= 0.3 is 5.97 Å². The number of benzene rings is 3. The number of nitro benzene ring substituents is 1. The van der Waals surface area contributed by atoms with Gasteiger partial charge in [0.25, 0.3) is 23.4 Å². The summed E-state index contributed by atoms with van der Waals surface area (Å²) < 4.78 is 5.31. The van der Waals surface area contributed by atoms with Gasteiger partial charge in [-0.2, -0.15) is 5.01 Å². The number of carbonyl (C=O) groups excluding carboxylic acids is 5. The standard InChI is InChI=1S/C31H23Cl2N3O8/c32-20-7-12-23(24(33)14-20)28(38)34(35-29(39)26-18-1-2-19(13-18)27(26)30(35)40)15-25(37)16-5-10-22(11-6-16)44-31(41)17-3-8-21(9-4-17)36(42)43/h3-12,14,18-19,26-27H,1-2,13,15H2/t18-,19-,26-,27-/m0/s1. The molecule has 0 spiro atoms.